The lowest BCUT2D eigenvalue weighted by molar-refractivity contribution is 0.414. The molecule has 1 aromatic heterocycles. The predicted molar refractivity (Wildman–Crippen MR) is 109 cm³/mol. The first kappa shape index (κ1) is 19.6. The number of aromatic nitrogens is 2. The lowest BCUT2D eigenvalue weighted by atomic mass is 10.2. The SMILES string of the molecule is COc1ccc(S(=O)(=O)Nc2ccc(-c3noc(-c4cccc(F)c4)n3)cc2)cc1. The minimum Gasteiger partial charge on any atom is -0.497 e. The van der Waals surface area contributed by atoms with E-state index in [4.69, 9.17) is 9.26 Å². The molecule has 1 heterocycles. The van der Waals surface area contributed by atoms with E-state index in [2.05, 4.69) is 14.9 Å². The average Bonchev–Trinajstić information content (AvgIpc) is 3.24. The van der Waals surface area contributed by atoms with Crippen LogP contribution in [0.5, 0.6) is 5.75 Å². The molecule has 0 aliphatic carbocycles. The highest BCUT2D eigenvalue weighted by Gasteiger charge is 2.15. The molecule has 7 nitrogen and oxygen atoms in total. The summed E-state index contributed by atoms with van der Waals surface area (Å²) in [5, 5.41) is 3.90. The number of rotatable bonds is 6. The Labute approximate surface area is 172 Å². The highest BCUT2D eigenvalue weighted by molar-refractivity contribution is 7.92. The smallest absolute Gasteiger partial charge is 0.261 e. The van der Waals surface area contributed by atoms with Crippen molar-refractivity contribution in [3.05, 3.63) is 78.6 Å². The van der Waals surface area contributed by atoms with Gasteiger partial charge in [-0.05, 0) is 66.7 Å². The lowest BCUT2D eigenvalue weighted by Crippen LogP contribution is -2.12. The van der Waals surface area contributed by atoms with Gasteiger partial charge in [0.2, 0.25) is 5.82 Å². The van der Waals surface area contributed by atoms with Crippen molar-refractivity contribution in [1.82, 2.24) is 10.1 Å². The van der Waals surface area contributed by atoms with E-state index >= 15 is 0 Å². The predicted octanol–water partition coefficient (Wildman–Crippen LogP) is 4.35. The van der Waals surface area contributed by atoms with Crippen LogP contribution in [0.2, 0.25) is 0 Å². The van der Waals surface area contributed by atoms with Gasteiger partial charge in [-0.15, -0.1) is 0 Å². The number of anilines is 1. The summed E-state index contributed by atoms with van der Waals surface area (Å²) in [4.78, 5) is 4.38. The number of halogens is 1. The lowest BCUT2D eigenvalue weighted by Gasteiger charge is -2.09. The minimum atomic E-state index is -3.74. The van der Waals surface area contributed by atoms with Gasteiger partial charge >= 0.3 is 0 Å². The molecule has 4 aromatic rings. The van der Waals surface area contributed by atoms with Crippen molar-refractivity contribution in [2.24, 2.45) is 0 Å². The Balaban J connectivity index is 1.51. The fourth-order valence-electron chi connectivity index (χ4n) is 2.74. The first-order valence-electron chi connectivity index (χ1n) is 8.81. The van der Waals surface area contributed by atoms with Gasteiger partial charge in [0.1, 0.15) is 11.6 Å². The number of nitrogens with zero attached hydrogens (tertiary/aromatic N) is 2. The standard InChI is InChI=1S/C21H16FN3O4S/c1-28-18-9-11-19(12-10-18)30(26,27)25-17-7-5-14(6-8-17)20-23-21(29-24-20)15-3-2-4-16(22)13-15/h2-13,25H,1H3. The summed E-state index contributed by atoms with van der Waals surface area (Å²) in [5.41, 5.74) is 1.47. The monoisotopic (exact) mass is 425 g/mol. The van der Waals surface area contributed by atoms with Gasteiger partial charge in [0, 0.05) is 16.8 Å². The van der Waals surface area contributed by atoms with Gasteiger partial charge < -0.3 is 9.26 Å². The van der Waals surface area contributed by atoms with Gasteiger partial charge in [-0.3, -0.25) is 4.72 Å². The van der Waals surface area contributed by atoms with Crippen molar-refractivity contribution >= 4 is 15.7 Å². The molecule has 30 heavy (non-hydrogen) atoms. The molecule has 0 unspecified atom stereocenters. The van der Waals surface area contributed by atoms with E-state index in [1.54, 1.807) is 48.5 Å². The number of nitrogens with one attached hydrogen (secondary N) is 1. The third-order valence-electron chi connectivity index (χ3n) is 4.26. The van der Waals surface area contributed by atoms with E-state index in [0.717, 1.165) is 0 Å². The maximum Gasteiger partial charge on any atom is 0.261 e. The second-order valence-electron chi connectivity index (χ2n) is 6.29. The number of hydrogen-bond donors (Lipinski definition) is 1. The van der Waals surface area contributed by atoms with Gasteiger partial charge in [0.25, 0.3) is 15.9 Å². The van der Waals surface area contributed by atoms with Crippen molar-refractivity contribution in [1.29, 1.82) is 0 Å². The minimum absolute atomic E-state index is 0.116. The molecule has 0 amide bonds. The Morgan fingerprint density at radius 3 is 2.37 bits per heavy atom. The molecule has 0 aliphatic rings. The average molecular weight is 425 g/mol. The number of sulfonamides is 1. The number of benzene rings is 3. The maximum atomic E-state index is 13.4. The molecule has 0 saturated heterocycles. The Morgan fingerprint density at radius 2 is 1.70 bits per heavy atom. The van der Waals surface area contributed by atoms with E-state index < -0.39 is 15.8 Å². The Hall–Kier alpha value is -3.72. The van der Waals surface area contributed by atoms with Crippen LogP contribution in [0.1, 0.15) is 0 Å². The summed E-state index contributed by atoms with van der Waals surface area (Å²) in [5.74, 6) is 0.657. The topological polar surface area (TPSA) is 94.3 Å². The van der Waals surface area contributed by atoms with E-state index in [1.807, 2.05) is 0 Å². The molecule has 0 atom stereocenters. The van der Waals surface area contributed by atoms with Crippen LogP contribution in [0.25, 0.3) is 22.8 Å². The molecule has 3 aromatic carbocycles. The van der Waals surface area contributed by atoms with Crippen LogP contribution in [0.3, 0.4) is 0 Å². The Morgan fingerprint density at radius 1 is 0.967 bits per heavy atom. The highest BCUT2D eigenvalue weighted by Crippen LogP contribution is 2.25. The molecule has 152 valence electrons. The van der Waals surface area contributed by atoms with Crippen LogP contribution in [-0.2, 0) is 10.0 Å². The Kier molecular flexibility index (Phi) is 5.20. The molecular formula is C21H16FN3O4S. The molecule has 0 spiro atoms. The van der Waals surface area contributed by atoms with Crippen LogP contribution in [0.4, 0.5) is 10.1 Å². The zero-order valence-corrected chi connectivity index (χ0v) is 16.6. The third kappa shape index (κ3) is 4.15. The van der Waals surface area contributed by atoms with E-state index in [-0.39, 0.29) is 10.8 Å². The van der Waals surface area contributed by atoms with E-state index in [1.165, 1.54) is 31.4 Å². The summed E-state index contributed by atoms with van der Waals surface area (Å²) in [6.07, 6.45) is 0. The molecule has 0 saturated carbocycles. The largest absolute Gasteiger partial charge is 0.497 e. The summed E-state index contributed by atoms with van der Waals surface area (Å²) >= 11 is 0. The molecule has 4 rings (SSSR count). The van der Waals surface area contributed by atoms with Gasteiger partial charge in [-0.1, -0.05) is 11.2 Å². The second kappa shape index (κ2) is 7.96. The second-order valence-corrected chi connectivity index (χ2v) is 7.97. The number of ether oxygens (including phenoxy) is 1. The van der Waals surface area contributed by atoms with Crippen molar-refractivity contribution in [3.63, 3.8) is 0 Å². The summed E-state index contributed by atoms with van der Waals surface area (Å²) in [6, 6.07) is 18.4. The molecule has 1 N–H and O–H groups in total. The zero-order chi connectivity index (χ0) is 21.1. The molecule has 9 heteroatoms. The number of methoxy groups -OCH3 is 1. The first-order chi connectivity index (χ1) is 14.4. The zero-order valence-electron chi connectivity index (χ0n) is 15.7. The van der Waals surface area contributed by atoms with Crippen LogP contribution in [-0.4, -0.2) is 25.7 Å². The van der Waals surface area contributed by atoms with Crippen LogP contribution < -0.4 is 9.46 Å². The highest BCUT2D eigenvalue weighted by atomic mass is 32.2. The van der Waals surface area contributed by atoms with Crippen LogP contribution >= 0.6 is 0 Å². The third-order valence-corrected chi connectivity index (χ3v) is 5.66. The summed E-state index contributed by atoms with van der Waals surface area (Å²) in [6.45, 7) is 0. The van der Waals surface area contributed by atoms with Gasteiger partial charge in [0.15, 0.2) is 0 Å². The van der Waals surface area contributed by atoms with Crippen LogP contribution in [0.15, 0.2) is 82.2 Å². The first-order valence-corrected chi connectivity index (χ1v) is 10.3. The molecule has 0 aliphatic heterocycles. The fraction of sp³-hybridized carbons (Fsp3) is 0.0476. The van der Waals surface area contributed by atoms with Crippen LogP contribution in [0, 0.1) is 5.82 Å². The van der Waals surface area contributed by atoms with Crippen molar-refractivity contribution in [3.8, 4) is 28.6 Å². The van der Waals surface area contributed by atoms with E-state index in [0.29, 0.717) is 28.4 Å². The molecular weight excluding hydrogens is 409 g/mol. The molecule has 0 bridgehead atoms. The molecule has 0 radical (unpaired) electrons. The van der Waals surface area contributed by atoms with Crippen molar-refractivity contribution < 1.29 is 22.1 Å². The maximum absolute atomic E-state index is 13.4. The van der Waals surface area contributed by atoms with Gasteiger partial charge in [-0.2, -0.15) is 4.98 Å². The summed E-state index contributed by atoms with van der Waals surface area (Å²) in [7, 11) is -2.23. The van der Waals surface area contributed by atoms with Crippen molar-refractivity contribution in [2.45, 2.75) is 4.90 Å². The van der Waals surface area contributed by atoms with Gasteiger partial charge in [-0.25, -0.2) is 12.8 Å². The Bertz CT molecular complexity index is 1270. The normalized spacial score (nSPS) is 11.3. The fourth-order valence-corrected chi connectivity index (χ4v) is 3.79. The van der Waals surface area contributed by atoms with E-state index in [9.17, 15) is 12.8 Å². The quantitative estimate of drug-likeness (QED) is 0.494. The molecule has 0 fully saturated rings. The number of hydrogen-bond acceptors (Lipinski definition) is 6. The van der Waals surface area contributed by atoms with Crippen molar-refractivity contribution in [2.75, 3.05) is 11.8 Å². The summed E-state index contributed by atoms with van der Waals surface area (Å²) < 4.78 is 51.2. The van der Waals surface area contributed by atoms with Gasteiger partial charge in [0.05, 0.1) is 12.0 Å².